The van der Waals surface area contributed by atoms with Crippen LogP contribution in [0.25, 0.3) is 17.0 Å². The van der Waals surface area contributed by atoms with Gasteiger partial charge in [0.15, 0.2) is 11.0 Å². The standard InChI is InChI=1S/C21H24N6S/c1-13(2)10-18(19-25-20-23-14(3)11-15(4)27(20)26-19)28-21-22-12-17(24-21)16-8-6-5-7-9-16/h5-9,11-13,18H,10H2,1-4H3,(H,22,24). The van der Waals surface area contributed by atoms with Gasteiger partial charge in [-0.05, 0) is 37.8 Å². The lowest BCUT2D eigenvalue weighted by molar-refractivity contribution is 0.565. The molecule has 0 aliphatic heterocycles. The summed E-state index contributed by atoms with van der Waals surface area (Å²) in [4.78, 5) is 17.3. The summed E-state index contributed by atoms with van der Waals surface area (Å²) in [6.45, 7) is 8.45. The molecule has 0 aliphatic carbocycles. The first-order chi connectivity index (χ1) is 13.5. The second-order valence-electron chi connectivity index (χ2n) is 7.42. The summed E-state index contributed by atoms with van der Waals surface area (Å²) in [5, 5.41) is 5.73. The van der Waals surface area contributed by atoms with E-state index < -0.39 is 0 Å². The first-order valence-electron chi connectivity index (χ1n) is 9.47. The summed E-state index contributed by atoms with van der Waals surface area (Å²) >= 11 is 1.68. The molecule has 0 radical (unpaired) electrons. The number of H-pyrrole nitrogens is 1. The average Bonchev–Trinajstić information content (AvgIpc) is 3.28. The summed E-state index contributed by atoms with van der Waals surface area (Å²) in [5.41, 5.74) is 4.14. The van der Waals surface area contributed by atoms with E-state index in [0.717, 1.165) is 40.0 Å². The number of rotatable bonds is 6. The summed E-state index contributed by atoms with van der Waals surface area (Å²) < 4.78 is 1.83. The molecule has 7 heteroatoms. The van der Waals surface area contributed by atoms with Gasteiger partial charge in [-0.3, -0.25) is 0 Å². The number of fused-ring (bicyclic) bond motifs is 1. The number of nitrogens with one attached hydrogen (secondary N) is 1. The fourth-order valence-corrected chi connectivity index (χ4v) is 4.45. The van der Waals surface area contributed by atoms with E-state index >= 15 is 0 Å². The molecule has 0 saturated carbocycles. The van der Waals surface area contributed by atoms with E-state index in [9.17, 15) is 0 Å². The third kappa shape index (κ3) is 3.94. The number of aryl methyl sites for hydroxylation is 2. The highest BCUT2D eigenvalue weighted by Crippen LogP contribution is 2.37. The fourth-order valence-electron chi connectivity index (χ4n) is 3.21. The molecule has 4 rings (SSSR count). The molecule has 1 N–H and O–H groups in total. The number of hydrogen-bond acceptors (Lipinski definition) is 5. The number of imidazole rings is 1. The highest BCUT2D eigenvalue weighted by molar-refractivity contribution is 7.99. The van der Waals surface area contributed by atoms with Crippen LogP contribution in [0.5, 0.6) is 0 Å². The molecule has 4 aromatic rings. The van der Waals surface area contributed by atoms with Crippen molar-refractivity contribution in [3.8, 4) is 11.3 Å². The second-order valence-corrected chi connectivity index (χ2v) is 8.62. The van der Waals surface area contributed by atoms with Crippen LogP contribution in [0.2, 0.25) is 0 Å². The number of hydrogen-bond donors (Lipinski definition) is 1. The van der Waals surface area contributed by atoms with Gasteiger partial charge in [0.2, 0.25) is 0 Å². The third-order valence-electron chi connectivity index (χ3n) is 4.50. The Kier molecular flexibility index (Phi) is 5.17. The van der Waals surface area contributed by atoms with Gasteiger partial charge < -0.3 is 4.98 Å². The molecule has 1 atom stereocenters. The van der Waals surface area contributed by atoms with E-state index in [4.69, 9.17) is 10.1 Å². The zero-order valence-electron chi connectivity index (χ0n) is 16.5. The van der Waals surface area contributed by atoms with E-state index in [1.807, 2.05) is 48.8 Å². The van der Waals surface area contributed by atoms with Gasteiger partial charge in [-0.15, -0.1) is 5.10 Å². The van der Waals surface area contributed by atoms with E-state index in [0.29, 0.717) is 11.7 Å². The van der Waals surface area contributed by atoms with Crippen LogP contribution < -0.4 is 0 Å². The molecule has 6 nitrogen and oxygen atoms in total. The molecule has 1 aromatic carbocycles. The zero-order valence-corrected chi connectivity index (χ0v) is 17.4. The van der Waals surface area contributed by atoms with Crippen LogP contribution in [0.3, 0.4) is 0 Å². The molecular formula is C21H24N6S. The molecule has 0 saturated heterocycles. The minimum absolute atomic E-state index is 0.108. The predicted octanol–water partition coefficient (Wildman–Crippen LogP) is 5.01. The van der Waals surface area contributed by atoms with Gasteiger partial charge in [-0.2, -0.15) is 4.98 Å². The van der Waals surface area contributed by atoms with E-state index in [1.165, 1.54) is 0 Å². The van der Waals surface area contributed by atoms with Crippen molar-refractivity contribution in [3.05, 3.63) is 59.8 Å². The van der Waals surface area contributed by atoms with Crippen LogP contribution in [0, 0.1) is 19.8 Å². The highest BCUT2D eigenvalue weighted by atomic mass is 32.2. The lowest BCUT2D eigenvalue weighted by Gasteiger charge is -2.14. The number of aromatic amines is 1. The van der Waals surface area contributed by atoms with Gasteiger partial charge in [-0.1, -0.05) is 55.9 Å². The SMILES string of the molecule is Cc1cc(C)n2nc(C(CC(C)C)Sc3ncc(-c4ccccc4)[nH]3)nc2n1. The Labute approximate surface area is 168 Å². The summed E-state index contributed by atoms with van der Waals surface area (Å²) in [6.07, 6.45) is 2.84. The average molecular weight is 393 g/mol. The molecule has 1 unspecified atom stereocenters. The molecule has 0 fully saturated rings. The van der Waals surface area contributed by atoms with Crippen molar-refractivity contribution in [1.29, 1.82) is 0 Å². The topological polar surface area (TPSA) is 71.8 Å². The maximum atomic E-state index is 4.75. The minimum atomic E-state index is 0.108. The number of aromatic nitrogens is 6. The van der Waals surface area contributed by atoms with Gasteiger partial charge in [-0.25, -0.2) is 14.5 Å². The highest BCUT2D eigenvalue weighted by Gasteiger charge is 2.22. The molecule has 0 bridgehead atoms. The second kappa shape index (κ2) is 7.75. The van der Waals surface area contributed by atoms with Crippen molar-refractivity contribution >= 4 is 17.5 Å². The number of thioether (sulfide) groups is 1. The minimum Gasteiger partial charge on any atom is -0.333 e. The molecule has 0 aliphatic rings. The third-order valence-corrected chi connectivity index (χ3v) is 5.62. The Morgan fingerprint density at radius 2 is 1.89 bits per heavy atom. The van der Waals surface area contributed by atoms with Gasteiger partial charge in [0, 0.05) is 11.4 Å². The maximum Gasteiger partial charge on any atom is 0.252 e. The number of nitrogens with zero attached hydrogens (tertiary/aromatic N) is 5. The smallest absolute Gasteiger partial charge is 0.252 e. The van der Waals surface area contributed by atoms with E-state index in [1.54, 1.807) is 11.8 Å². The molecule has 144 valence electrons. The Bertz CT molecular complexity index is 1080. The molecular weight excluding hydrogens is 368 g/mol. The van der Waals surface area contributed by atoms with Crippen molar-refractivity contribution in [3.63, 3.8) is 0 Å². The Balaban J connectivity index is 1.64. The lowest BCUT2D eigenvalue weighted by Crippen LogP contribution is -2.03. The Hall–Kier alpha value is -2.67. The summed E-state index contributed by atoms with van der Waals surface area (Å²) in [6, 6.07) is 12.3. The van der Waals surface area contributed by atoms with E-state index in [-0.39, 0.29) is 5.25 Å². The van der Waals surface area contributed by atoms with Crippen molar-refractivity contribution in [2.75, 3.05) is 0 Å². The van der Waals surface area contributed by atoms with Gasteiger partial charge in [0.05, 0.1) is 17.1 Å². The van der Waals surface area contributed by atoms with Crippen LogP contribution in [0.4, 0.5) is 0 Å². The van der Waals surface area contributed by atoms with Crippen LogP contribution in [0.15, 0.2) is 47.8 Å². The summed E-state index contributed by atoms with van der Waals surface area (Å²) in [5.74, 6) is 1.98. The first kappa shape index (κ1) is 18.7. The largest absolute Gasteiger partial charge is 0.333 e. The molecule has 3 heterocycles. The maximum absolute atomic E-state index is 4.75. The van der Waals surface area contributed by atoms with Gasteiger partial charge in [0.1, 0.15) is 0 Å². The normalized spacial score (nSPS) is 12.8. The predicted molar refractivity (Wildman–Crippen MR) is 112 cm³/mol. The number of benzene rings is 1. The van der Waals surface area contributed by atoms with Crippen LogP contribution in [-0.4, -0.2) is 29.5 Å². The lowest BCUT2D eigenvalue weighted by atomic mass is 10.1. The van der Waals surface area contributed by atoms with Crippen molar-refractivity contribution < 1.29 is 0 Å². The molecule has 3 aromatic heterocycles. The van der Waals surface area contributed by atoms with Gasteiger partial charge in [0.25, 0.3) is 5.78 Å². The van der Waals surface area contributed by atoms with E-state index in [2.05, 4.69) is 40.9 Å². The van der Waals surface area contributed by atoms with Crippen LogP contribution in [0.1, 0.15) is 42.7 Å². The van der Waals surface area contributed by atoms with Crippen molar-refractivity contribution in [2.45, 2.75) is 44.5 Å². The Morgan fingerprint density at radius 1 is 1.11 bits per heavy atom. The van der Waals surface area contributed by atoms with Gasteiger partial charge >= 0.3 is 0 Å². The van der Waals surface area contributed by atoms with Crippen molar-refractivity contribution in [1.82, 2.24) is 29.5 Å². The monoisotopic (exact) mass is 392 g/mol. The first-order valence-corrected chi connectivity index (χ1v) is 10.4. The molecule has 0 spiro atoms. The Morgan fingerprint density at radius 3 is 2.64 bits per heavy atom. The quantitative estimate of drug-likeness (QED) is 0.467. The fraction of sp³-hybridized carbons (Fsp3) is 0.333. The molecule has 28 heavy (non-hydrogen) atoms. The summed E-state index contributed by atoms with van der Waals surface area (Å²) in [7, 11) is 0. The van der Waals surface area contributed by atoms with Crippen LogP contribution >= 0.6 is 11.8 Å². The molecule has 0 amide bonds. The zero-order chi connectivity index (χ0) is 19.7. The van der Waals surface area contributed by atoms with Crippen LogP contribution in [-0.2, 0) is 0 Å². The van der Waals surface area contributed by atoms with Crippen molar-refractivity contribution in [2.24, 2.45) is 5.92 Å².